The molecular weight excluding hydrogens is 188 g/mol. The van der Waals surface area contributed by atoms with Crippen molar-refractivity contribution in [1.29, 1.82) is 0 Å². The van der Waals surface area contributed by atoms with E-state index in [9.17, 15) is 0 Å². The number of hydrogen-bond donors (Lipinski definition) is 2. The van der Waals surface area contributed by atoms with Crippen molar-refractivity contribution in [3.05, 3.63) is 29.8 Å². The van der Waals surface area contributed by atoms with Gasteiger partial charge < -0.3 is 15.3 Å². The number of nitrogens with one attached hydrogen (secondary N) is 1. The Hall–Kier alpha value is -1.06. The van der Waals surface area contributed by atoms with Crippen molar-refractivity contribution in [2.24, 2.45) is 0 Å². The standard InChI is InChI=1S/C12H20N2O/c1-3-13-10-11-6-4-5-7-12(11)14(2)8-9-15/h4-7,13,15H,3,8-10H2,1-2H3. The van der Waals surface area contributed by atoms with E-state index in [1.807, 2.05) is 19.2 Å². The van der Waals surface area contributed by atoms with E-state index >= 15 is 0 Å². The van der Waals surface area contributed by atoms with Crippen LogP contribution in [-0.2, 0) is 6.54 Å². The zero-order chi connectivity index (χ0) is 11.1. The molecule has 0 amide bonds. The first-order valence-corrected chi connectivity index (χ1v) is 5.40. The van der Waals surface area contributed by atoms with Crippen molar-refractivity contribution in [2.45, 2.75) is 13.5 Å². The van der Waals surface area contributed by atoms with Gasteiger partial charge in [-0.2, -0.15) is 0 Å². The van der Waals surface area contributed by atoms with Gasteiger partial charge in [0.15, 0.2) is 0 Å². The van der Waals surface area contributed by atoms with Gasteiger partial charge in [-0.25, -0.2) is 0 Å². The van der Waals surface area contributed by atoms with E-state index in [2.05, 4.69) is 29.3 Å². The molecule has 0 saturated heterocycles. The molecule has 0 atom stereocenters. The Labute approximate surface area is 91.7 Å². The maximum atomic E-state index is 8.91. The third-order valence-corrected chi connectivity index (χ3v) is 2.40. The Morgan fingerprint density at radius 2 is 2.07 bits per heavy atom. The molecule has 0 aliphatic carbocycles. The summed E-state index contributed by atoms with van der Waals surface area (Å²) < 4.78 is 0. The van der Waals surface area contributed by atoms with Gasteiger partial charge in [0, 0.05) is 25.8 Å². The summed E-state index contributed by atoms with van der Waals surface area (Å²) in [5.74, 6) is 0. The van der Waals surface area contributed by atoms with Crippen LogP contribution in [0.4, 0.5) is 5.69 Å². The van der Waals surface area contributed by atoms with Crippen LogP contribution in [0.15, 0.2) is 24.3 Å². The third kappa shape index (κ3) is 3.53. The lowest BCUT2D eigenvalue weighted by molar-refractivity contribution is 0.304. The molecule has 15 heavy (non-hydrogen) atoms. The van der Waals surface area contributed by atoms with Crippen LogP contribution >= 0.6 is 0 Å². The zero-order valence-corrected chi connectivity index (χ0v) is 9.53. The Bertz CT molecular complexity index is 289. The molecule has 3 nitrogen and oxygen atoms in total. The van der Waals surface area contributed by atoms with Gasteiger partial charge in [-0.1, -0.05) is 25.1 Å². The number of benzene rings is 1. The average molecular weight is 208 g/mol. The minimum absolute atomic E-state index is 0.187. The third-order valence-electron chi connectivity index (χ3n) is 2.40. The minimum Gasteiger partial charge on any atom is -0.395 e. The van der Waals surface area contributed by atoms with E-state index in [1.165, 1.54) is 11.3 Å². The molecule has 0 radical (unpaired) electrons. The monoisotopic (exact) mass is 208 g/mol. The van der Waals surface area contributed by atoms with Crippen LogP contribution in [0.25, 0.3) is 0 Å². The molecule has 0 heterocycles. The fourth-order valence-electron chi connectivity index (χ4n) is 1.56. The van der Waals surface area contributed by atoms with Crippen molar-refractivity contribution in [2.75, 3.05) is 31.6 Å². The average Bonchev–Trinajstić information content (AvgIpc) is 2.27. The van der Waals surface area contributed by atoms with Crippen molar-refractivity contribution in [3.63, 3.8) is 0 Å². The van der Waals surface area contributed by atoms with E-state index < -0.39 is 0 Å². The number of nitrogens with zero attached hydrogens (tertiary/aromatic N) is 1. The maximum absolute atomic E-state index is 8.91. The first-order chi connectivity index (χ1) is 7.29. The van der Waals surface area contributed by atoms with Gasteiger partial charge in [-0.05, 0) is 18.2 Å². The van der Waals surface area contributed by atoms with Gasteiger partial charge in [-0.15, -0.1) is 0 Å². The molecule has 0 unspecified atom stereocenters. The number of anilines is 1. The molecule has 0 aliphatic heterocycles. The molecular formula is C12H20N2O. The molecule has 84 valence electrons. The molecule has 0 bridgehead atoms. The van der Waals surface area contributed by atoms with Gasteiger partial charge in [0.1, 0.15) is 0 Å². The van der Waals surface area contributed by atoms with Gasteiger partial charge in [0.05, 0.1) is 6.61 Å². The smallest absolute Gasteiger partial charge is 0.0606 e. The first kappa shape index (κ1) is 12.0. The first-order valence-electron chi connectivity index (χ1n) is 5.40. The fourth-order valence-corrected chi connectivity index (χ4v) is 1.56. The van der Waals surface area contributed by atoms with Crippen LogP contribution in [0.2, 0.25) is 0 Å². The second kappa shape index (κ2) is 6.43. The SMILES string of the molecule is CCNCc1ccccc1N(C)CCO. The van der Waals surface area contributed by atoms with Crippen LogP contribution in [-0.4, -0.2) is 31.9 Å². The summed E-state index contributed by atoms with van der Waals surface area (Å²) in [6, 6.07) is 8.27. The zero-order valence-electron chi connectivity index (χ0n) is 9.53. The van der Waals surface area contributed by atoms with Crippen molar-refractivity contribution < 1.29 is 5.11 Å². The highest BCUT2D eigenvalue weighted by molar-refractivity contribution is 5.52. The van der Waals surface area contributed by atoms with E-state index in [1.54, 1.807) is 0 Å². The largest absolute Gasteiger partial charge is 0.395 e. The predicted octanol–water partition coefficient (Wildman–Crippen LogP) is 1.22. The van der Waals surface area contributed by atoms with E-state index in [0.29, 0.717) is 6.54 Å². The summed E-state index contributed by atoms with van der Waals surface area (Å²) in [5.41, 5.74) is 2.46. The maximum Gasteiger partial charge on any atom is 0.0606 e. The fraction of sp³-hybridized carbons (Fsp3) is 0.500. The Balaban J connectivity index is 2.75. The lowest BCUT2D eigenvalue weighted by Crippen LogP contribution is -2.23. The summed E-state index contributed by atoms with van der Waals surface area (Å²) in [6.07, 6.45) is 0. The van der Waals surface area contributed by atoms with Gasteiger partial charge in [0.2, 0.25) is 0 Å². The summed E-state index contributed by atoms with van der Waals surface area (Å²) in [6.45, 7) is 4.80. The Kier molecular flexibility index (Phi) is 5.15. The number of aliphatic hydroxyl groups is 1. The second-order valence-corrected chi connectivity index (χ2v) is 3.55. The van der Waals surface area contributed by atoms with Gasteiger partial charge >= 0.3 is 0 Å². The van der Waals surface area contributed by atoms with Crippen LogP contribution in [0.3, 0.4) is 0 Å². The highest BCUT2D eigenvalue weighted by atomic mass is 16.3. The van der Waals surface area contributed by atoms with E-state index in [-0.39, 0.29) is 6.61 Å². The van der Waals surface area contributed by atoms with Crippen LogP contribution in [0, 0.1) is 0 Å². The molecule has 1 rings (SSSR count). The molecule has 1 aromatic carbocycles. The van der Waals surface area contributed by atoms with E-state index in [4.69, 9.17) is 5.11 Å². The molecule has 0 aliphatic rings. The number of likely N-dealkylation sites (N-methyl/N-ethyl adjacent to an activating group) is 1. The molecule has 2 N–H and O–H groups in total. The lowest BCUT2D eigenvalue weighted by atomic mass is 10.1. The topological polar surface area (TPSA) is 35.5 Å². The number of aliphatic hydroxyl groups excluding tert-OH is 1. The van der Waals surface area contributed by atoms with Crippen molar-refractivity contribution in [1.82, 2.24) is 5.32 Å². The number of rotatable bonds is 6. The molecule has 1 aromatic rings. The van der Waals surface area contributed by atoms with Crippen molar-refractivity contribution >= 4 is 5.69 Å². The normalized spacial score (nSPS) is 10.3. The second-order valence-electron chi connectivity index (χ2n) is 3.55. The van der Waals surface area contributed by atoms with Gasteiger partial charge in [-0.3, -0.25) is 0 Å². The van der Waals surface area contributed by atoms with E-state index in [0.717, 1.165) is 13.1 Å². The summed E-state index contributed by atoms with van der Waals surface area (Å²) in [4.78, 5) is 2.08. The van der Waals surface area contributed by atoms with Crippen LogP contribution in [0.5, 0.6) is 0 Å². The highest BCUT2D eigenvalue weighted by Gasteiger charge is 2.05. The highest BCUT2D eigenvalue weighted by Crippen LogP contribution is 2.18. The molecule has 0 saturated carbocycles. The summed E-state index contributed by atoms with van der Waals surface area (Å²) in [7, 11) is 2.00. The lowest BCUT2D eigenvalue weighted by Gasteiger charge is -2.21. The Morgan fingerprint density at radius 1 is 1.33 bits per heavy atom. The predicted molar refractivity (Wildman–Crippen MR) is 64.2 cm³/mol. The van der Waals surface area contributed by atoms with Gasteiger partial charge in [0.25, 0.3) is 0 Å². The molecule has 3 heteroatoms. The molecule has 0 spiro atoms. The van der Waals surface area contributed by atoms with Crippen LogP contribution < -0.4 is 10.2 Å². The number of hydrogen-bond acceptors (Lipinski definition) is 3. The number of para-hydroxylation sites is 1. The molecule has 0 fully saturated rings. The minimum atomic E-state index is 0.187. The van der Waals surface area contributed by atoms with Crippen molar-refractivity contribution in [3.8, 4) is 0 Å². The summed E-state index contributed by atoms with van der Waals surface area (Å²) >= 11 is 0. The summed E-state index contributed by atoms with van der Waals surface area (Å²) in [5, 5.41) is 12.2. The van der Waals surface area contributed by atoms with Crippen LogP contribution in [0.1, 0.15) is 12.5 Å². The molecule has 0 aromatic heterocycles. The quantitative estimate of drug-likeness (QED) is 0.738. The Morgan fingerprint density at radius 3 is 2.73 bits per heavy atom.